The maximum absolute atomic E-state index is 12.7. The van der Waals surface area contributed by atoms with Gasteiger partial charge in [-0.2, -0.15) is 0 Å². The van der Waals surface area contributed by atoms with Crippen LogP contribution in [0, 0.1) is 17.6 Å². The van der Waals surface area contributed by atoms with Crippen molar-refractivity contribution in [2.75, 3.05) is 11.6 Å². The first-order valence-corrected chi connectivity index (χ1v) is 9.74. The quantitative estimate of drug-likeness (QED) is 0.547. The van der Waals surface area contributed by atoms with E-state index < -0.39 is 0 Å². The van der Waals surface area contributed by atoms with E-state index in [1.54, 1.807) is 10.6 Å². The second kappa shape index (κ2) is 6.45. The first kappa shape index (κ1) is 16.6. The fourth-order valence-electron chi connectivity index (χ4n) is 2.73. The van der Waals surface area contributed by atoms with Crippen molar-refractivity contribution in [3.63, 3.8) is 0 Å². The van der Waals surface area contributed by atoms with Crippen LogP contribution in [0.1, 0.15) is 16.9 Å². The van der Waals surface area contributed by atoms with Crippen molar-refractivity contribution in [2.45, 2.75) is 20.5 Å². The fraction of sp³-hybridized carbons (Fsp3) is 0.222. The molecular formula is C18H16IN3O2S. The van der Waals surface area contributed by atoms with Crippen molar-refractivity contribution in [1.29, 1.82) is 0 Å². The van der Waals surface area contributed by atoms with Gasteiger partial charge in [0.15, 0.2) is 8.57 Å². The molecule has 7 heteroatoms. The highest BCUT2D eigenvalue weighted by Crippen LogP contribution is 2.19. The molecule has 1 aliphatic heterocycles. The lowest BCUT2D eigenvalue weighted by atomic mass is 10.1. The molecule has 5 nitrogen and oxygen atoms in total. The van der Waals surface area contributed by atoms with Crippen molar-refractivity contribution in [2.24, 2.45) is 4.99 Å². The zero-order valence-electron chi connectivity index (χ0n) is 13.8. The summed E-state index contributed by atoms with van der Waals surface area (Å²) in [6.07, 6.45) is 1.79. The van der Waals surface area contributed by atoms with Crippen LogP contribution in [0.25, 0.3) is 6.08 Å². The van der Waals surface area contributed by atoms with Crippen LogP contribution in [0.15, 0.2) is 44.5 Å². The lowest BCUT2D eigenvalue weighted by Gasteiger charge is -2.26. The van der Waals surface area contributed by atoms with Gasteiger partial charge in [-0.15, -0.1) is 0 Å². The summed E-state index contributed by atoms with van der Waals surface area (Å²) in [5, 5.41) is 0. The van der Waals surface area contributed by atoms with E-state index in [9.17, 15) is 4.79 Å². The average Bonchev–Trinajstić information content (AvgIpc) is 3.14. The summed E-state index contributed by atoms with van der Waals surface area (Å²) >= 11 is 3.52. The Morgan fingerprint density at radius 3 is 2.80 bits per heavy atom. The fourth-order valence-corrected chi connectivity index (χ4v) is 4.11. The highest BCUT2D eigenvalue weighted by atomic mass is 127. The second-order valence-electron chi connectivity index (χ2n) is 6.02. The van der Waals surface area contributed by atoms with Crippen LogP contribution < -0.4 is 19.8 Å². The number of aryl methyl sites for hydroxylation is 2. The molecule has 3 aromatic rings. The topological polar surface area (TPSA) is 50.7 Å². The molecule has 4 rings (SSSR count). The molecule has 0 N–H and O–H groups in total. The standard InChI is InChI=1S/C18H16IN3O2S/c1-11-3-4-13(7-12(11)2)21-9-20-18-22(10-21)17(23)15(25-18)8-14-5-6-16(19)24-14/h3-8H,9-10H2,1-2H3/b15-8-. The molecule has 25 heavy (non-hydrogen) atoms. The summed E-state index contributed by atoms with van der Waals surface area (Å²) in [4.78, 5) is 20.2. The molecule has 3 heterocycles. The van der Waals surface area contributed by atoms with Gasteiger partial charge in [0.05, 0.1) is 4.53 Å². The molecule has 0 bridgehead atoms. The summed E-state index contributed by atoms with van der Waals surface area (Å²) in [5.41, 5.74) is 3.56. The van der Waals surface area contributed by atoms with Crippen LogP contribution in [-0.2, 0) is 6.67 Å². The number of thiazole rings is 1. The largest absolute Gasteiger partial charge is 0.451 e. The van der Waals surface area contributed by atoms with Crippen molar-refractivity contribution in [1.82, 2.24) is 4.57 Å². The van der Waals surface area contributed by atoms with Crippen molar-refractivity contribution in [3.05, 3.63) is 70.7 Å². The molecule has 1 aliphatic rings. The predicted molar refractivity (Wildman–Crippen MR) is 108 cm³/mol. The Kier molecular flexibility index (Phi) is 4.28. The van der Waals surface area contributed by atoms with Crippen LogP contribution in [0.5, 0.6) is 0 Å². The normalized spacial score (nSPS) is 14.5. The molecule has 0 atom stereocenters. The molecule has 0 spiro atoms. The lowest BCUT2D eigenvalue weighted by Crippen LogP contribution is -2.42. The predicted octanol–water partition coefficient (Wildman–Crippen LogP) is 2.61. The van der Waals surface area contributed by atoms with Crippen LogP contribution >= 0.6 is 33.9 Å². The van der Waals surface area contributed by atoms with Crippen molar-refractivity contribution in [3.8, 4) is 0 Å². The Morgan fingerprint density at radius 1 is 1.24 bits per heavy atom. The van der Waals surface area contributed by atoms with E-state index in [1.807, 2.05) is 12.1 Å². The van der Waals surface area contributed by atoms with Gasteiger partial charge >= 0.3 is 0 Å². The van der Waals surface area contributed by atoms with Gasteiger partial charge < -0.3 is 9.32 Å². The van der Waals surface area contributed by atoms with Crippen LogP contribution in [-0.4, -0.2) is 11.2 Å². The highest BCUT2D eigenvalue weighted by Gasteiger charge is 2.16. The summed E-state index contributed by atoms with van der Waals surface area (Å²) in [6.45, 7) is 5.26. The van der Waals surface area contributed by atoms with Gasteiger partial charge in [-0.25, -0.2) is 4.99 Å². The summed E-state index contributed by atoms with van der Waals surface area (Å²) < 4.78 is 8.71. The van der Waals surface area contributed by atoms with Gasteiger partial charge in [0.25, 0.3) is 5.56 Å². The molecule has 0 radical (unpaired) electrons. The number of rotatable bonds is 2. The number of hydrogen-bond donors (Lipinski definition) is 0. The third-order valence-electron chi connectivity index (χ3n) is 4.30. The van der Waals surface area contributed by atoms with E-state index in [0.29, 0.717) is 23.6 Å². The summed E-state index contributed by atoms with van der Waals surface area (Å²) in [5.74, 6) is 0.687. The molecule has 128 valence electrons. The zero-order valence-corrected chi connectivity index (χ0v) is 16.8. The Labute approximate surface area is 162 Å². The maximum Gasteiger partial charge on any atom is 0.271 e. The number of aromatic nitrogens is 1. The number of fused-ring (bicyclic) bond motifs is 1. The van der Waals surface area contributed by atoms with Crippen LogP contribution in [0.2, 0.25) is 0 Å². The average molecular weight is 465 g/mol. The first-order chi connectivity index (χ1) is 12.0. The minimum Gasteiger partial charge on any atom is -0.451 e. The zero-order chi connectivity index (χ0) is 17.6. The summed E-state index contributed by atoms with van der Waals surface area (Å²) in [6, 6.07) is 10.1. The molecule has 0 saturated carbocycles. The van der Waals surface area contributed by atoms with E-state index >= 15 is 0 Å². The molecular weight excluding hydrogens is 449 g/mol. The maximum atomic E-state index is 12.7. The smallest absolute Gasteiger partial charge is 0.271 e. The highest BCUT2D eigenvalue weighted by molar-refractivity contribution is 14.1. The molecule has 1 aromatic carbocycles. The molecule has 0 fully saturated rings. The van der Waals surface area contributed by atoms with Gasteiger partial charge in [0, 0.05) is 11.8 Å². The molecule has 2 aromatic heterocycles. The number of hydrogen-bond acceptors (Lipinski definition) is 5. The van der Waals surface area contributed by atoms with Gasteiger partial charge in [-0.3, -0.25) is 9.36 Å². The lowest BCUT2D eigenvalue weighted by molar-refractivity contribution is 0.528. The van der Waals surface area contributed by atoms with E-state index in [1.165, 1.54) is 22.5 Å². The van der Waals surface area contributed by atoms with E-state index in [0.717, 1.165) is 14.3 Å². The minimum atomic E-state index is -0.0244. The Bertz CT molecular complexity index is 1130. The Hall–Kier alpha value is -1.87. The van der Waals surface area contributed by atoms with Gasteiger partial charge in [-0.1, -0.05) is 17.4 Å². The SMILES string of the molecule is Cc1ccc(N2CN=c3s/c(=C\c4ccc(I)o4)c(=O)n3C2)cc1C. The van der Waals surface area contributed by atoms with E-state index in [4.69, 9.17) is 4.42 Å². The monoisotopic (exact) mass is 465 g/mol. The number of nitrogens with zero attached hydrogens (tertiary/aromatic N) is 3. The Morgan fingerprint density at radius 2 is 2.08 bits per heavy atom. The number of furan rings is 1. The van der Waals surface area contributed by atoms with Crippen LogP contribution in [0.3, 0.4) is 0 Å². The van der Waals surface area contributed by atoms with Crippen molar-refractivity contribution >= 4 is 45.7 Å². The summed E-state index contributed by atoms with van der Waals surface area (Å²) in [7, 11) is 0. The van der Waals surface area contributed by atoms with Crippen molar-refractivity contribution < 1.29 is 4.42 Å². The Balaban J connectivity index is 1.71. The van der Waals surface area contributed by atoms with Gasteiger partial charge in [0.2, 0.25) is 0 Å². The number of halogens is 1. The first-order valence-electron chi connectivity index (χ1n) is 7.85. The molecule has 0 unspecified atom stereocenters. The second-order valence-corrected chi connectivity index (χ2v) is 8.09. The van der Waals surface area contributed by atoms with E-state index in [-0.39, 0.29) is 5.56 Å². The number of anilines is 1. The minimum absolute atomic E-state index is 0.0244. The molecule has 0 aliphatic carbocycles. The number of benzene rings is 1. The molecule has 0 amide bonds. The molecule has 0 saturated heterocycles. The van der Waals surface area contributed by atoms with E-state index in [2.05, 4.69) is 64.5 Å². The van der Waals surface area contributed by atoms with Gasteiger partial charge in [0.1, 0.15) is 19.1 Å². The van der Waals surface area contributed by atoms with Gasteiger partial charge in [-0.05, 0) is 71.8 Å². The van der Waals surface area contributed by atoms with Crippen LogP contribution in [0.4, 0.5) is 5.69 Å². The third kappa shape index (κ3) is 3.18. The third-order valence-corrected chi connectivity index (χ3v) is 5.92.